The predicted molar refractivity (Wildman–Crippen MR) is 53.1 cm³/mol. The van der Waals surface area contributed by atoms with Gasteiger partial charge in [0.05, 0.1) is 0 Å². The van der Waals surface area contributed by atoms with E-state index >= 15 is 0 Å². The Bertz CT molecular complexity index is 135. The minimum atomic E-state index is -4.67. The van der Waals surface area contributed by atoms with Crippen LogP contribution in [0.2, 0.25) is 0 Å². The molecule has 0 rings (SSSR count). The van der Waals surface area contributed by atoms with Gasteiger partial charge in [0.25, 0.3) is 0 Å². The van der Waals surface area contributed by atoms with Crippen molar-refractivity contribution in [1.29, 1.82) is 0 Å². The van der Waals surface area contributed by atoms with E-state index in [0.29, 0.717) is 0 Å². The molecule has 0 saturated heterocycles. The summed E-state index contributed by atoms with van der Waals surface area (Å²) in [5, 5.41) is 21.5. The summed E-state index contributed by atoms with van der Waals surface area (Å²) in [4.78, 5) is 0. The van der Waals surface area contributed by atoms with Crippen LogP contribution in [0.3, 0.4) is 0 Å². The summed E-state index contributed by atoms with van der Waals surface area (Å²) in [7, 11) is -6.83. The standard InChI is InChI=1S/BH3O3.Ca.ClH.Na.H2O4S.H2O.3H/c2-1(3)4;;;;1-5(2,3)4;;;;/h2-4H;;1H;;(H2,1,2,3,4);1H2;;;. The molecule has 13 heteroatoms. The summed E-state index contributed by atoms with van der Waals surface area (Å²) in [5.41, 5.74) is 0. The molecule has 0 aromatic heterocycles. The Morgan fingerprint density at radius 1 is 1.00 bits per heavy atom. The van der Waals surface area contributed by atoms with E-state index in [1.165, 1.54) is 0 Å². The van der Waals surface area contributed by atoms with Crippen molar-refractivity contribution in [2.24, 2.45) is 0 Å². The third-order valence-corrected chi connectivity index (χ3v) is 0. The molecule has 0 heterocycles. The summed E-state index contributed by atoms with van der Waals surface area (Å²) in [5.74, 6) is 0. The van der Waals surface area contributed by atoms with Gasteiger partial charge in [0.15, 0.2) is 0 Å². The molecule has 0 aliphatic carbocycles. The molecule has 0 aromatic rings. The van der Waals surface area contributed by atoms with Crippen LogP contribution < -0.4 is 0 Å². The zero-order valence-corrected chi connectivity index (χ0v) is 6.58. The molecule has 0 aliphatic rings. The summed E-state index contributed by atoms with van der Waals surface area (Å²) in [6, 6.07) is 0. The average Bonchev–Trinajstić information content (AvgIpc) is 1.19. The van der Waals surface area contributed by atoms with Crippen molar-refractivity contribution in [3.05, 3.63) is 0 Å². The van der Waals surface area contributed by atoms with Gasteiger partial charge in [-0.1, -0.05) is 0 Å². The molecule has 0 atom stereocenters. The first kappa shape index (κ1) is 36.2. The van der Waals surface area contributed by atoms with E-state index in [4.69, 9.17) is 32.6 Å². The van der Waals surface area contributed by atoms with Gasteiger partial charge in [0.2, 0.25) is 0 Å². The van der Waals surface area contributed by atoms with Crippen LogP contribution in [0.1, 0.15) is 0 Å². The van der Waals surface area contributed by atoms with Gasteiger partial charge in [0, 0.05) is 0 Å². The van der Waals surface area contributed by atoms with Crippen molar-refractivity contribution >= 4 is 97.4 Å². The first-order valence-corrected chi connectivity index (χ1v) is 2.87. The van der Waals surface area contributed by atoms with Gasteiger partial charge in [-0.05, 0) is 0 Å². The van der Waals surface area contributed by atoms with Crippen LogP contribution in [0, 0.1) is 0 Å². The molecule has 0 amide bonds. The molecule has 78 valence electrons. The zero-order chi connectivity index (χ0) is 8.08. The van der Waals surface area contributed by atoms with Crippen LogP contribution in [-0.2, 0) is 10.4 Å². The van der Waals surface area contributed by atoms with E-state index in [1.54, 1.807) is 0 Å². The maximum atomic E-state index is 8.74. The number of rotatable bonds is 0. The Morgan fingerprint density at radius 2 is 1.00 bits per heavy atom. The molecule has 0 spiro atoms. The van der Waals surface area contributed by atoms with Crippen LogP contribution >= 0.6 is 12.4 Å². The fourth-order valence-corrected chi connectivity index (χ4v) is 0. The van der Waals surface area contributed by atoms with Crippen LogP contribution in [0.15, 0.2) is 0 Å². The number of hydrogen-bond acceptors (Lipinski definition) is 5. The summed E-state index contributed by atoms with van der Waals surface area (Å²) < 4.78 is 31.6. The van der Waals surface area contributed by atoms with E-state index < -0.39 is 17.7 Å². The van der Waals surface area contributed by atoms with Gasteiger partial charge in [0.1, 0.15) is 0 Å². The van der Waals surface area contributed by atoms with E-state index in [0.717, 1.165) is 0 Å². The molecule has 0 unspecified atom stereocenters. The maximum absolute atomic E-state index is 8.74. The van der Waals surface area contributed by atoms with Crippen molar-refractivity contribution in [3.63, 3.8) is 0 Å². The van der Waals surface area contributed by atoms with Gasteiger partial charge in [-0.15, -0.1) is 12.4 Å². The molecule has 7 N–H and O–H groups in total. The van der Waals surface area contributed by atoms with Crippen molar-refractivity contribution in [3.8, 4) is 0 Å². The normalized spacial score (nSPS) is 6.54. The third kappa shape index (κ3) is 403. The Kier molecular flexibility index (Phi) is 55.2. The van der Waals surface area contributed by atoms with Crippen molar-refractivity contribution < 1.29 is 38.1 Å². The monoisotopic (exact) mass is 280 g/mol. The molecule has 0 radical (unpaired) electrons. The van der Waals surface area contributed by atoms with Gasteiger partial charge < -0.3 is 20.5 Å². The van der Waals surface area contributed by atoms with Crippen LogP contribution in [0.25, 0.3) is 0 Å². The molecule has 0 aliphatic heterocycles. The van der Waals surface area contributed by atoms with Gasteiger partial charge >= 0.3 is 85.0 Å². The second kappa shape index (κ2) is 19.8. The van der Waals surface area contributed by atoms with Crippen molar-refractivity contribution in [1.82, 2.24) is 0 Å². The van der Waals surface area contributed by atoms with E-state index in [9.17, 15) is 0 Å². The first-order valence-electron chi connectivity index (χ1n) is 1.47. The number of hydrogen-bond donors (Lipinski definition) is 5. The SMILES string of the molecule is Cl.O.O=S(=O)(O)O.OB(O)O.[CaH2].[NaH]. The van der Waals surface area contributed by atoms with Gasteiger partial charge in [-0.25, -0.2) is 0 Å². The first-order chi connectivity index (χ1) is 3.73. The molecule has 0 saturated carbocycles. The summed E-state index contributed by atoms with van der Waals surface area (Å²) in [6.45, 7) is 0. The molecular weight excluding hydrogens is 269 g/mol. The zero-order valence-electron chi connectivity index (χ0n) is 4.95. The summed E-state index contributed by atoms with van der Waals surface area (Å²) in [6.07, 6.45) is 0. The molecular formula is H11BCaClNaO8S. The van der Waals surface area contributed by atoms with Crippen LogP contribution in [0.4, 0.5) is 0 Å². The van der Waals surface area contributed by atoms with Crippen LogP contribution in [0.5, 0.6) is 0 Å². The Hall–Kier alpha value is 2.32. The third-order valence-electron chi connectivity index (χ3n) is 0. The Labute approximate surface area is 133 Å². The fraction of sp³-hybridized carbons (Fsp3) is 0. The van der Waals surface area contributed by atoms with Gasteiger partial charge in [-0.3, -0.25) is 9.11 Å². The molecule has 0 fully saturated rings. The average molecular weight is 280 g/mol. The predicted octanol–water partition coefficient (Wildman–Crippen LogP) is -4.67. The topological polar surface area (TPSA) is 167 Å². The van der Waals surface area contributed by atoms with Crippen molar-refractivity contribution in [2.45, 2.75) is 0 Å². The fourth-order valence-electron chi connectivity index (χ4n) is 0. The minimum absolute atomic E-state index is 0. The Balaban J connectivity index is -0.0000000146. The summed E-state index contributed by atoms with van der Waals surface area (Å²) >= 11 is 0. The van der Waals surface area contributed by atoms with E-state index in [2.05, 4.69) is 0 Å². The van der Waals surface area contributed by atoms with Crippen LogP contribution in [-0.4, -0.2) is 113 Å². The molecule has 8 nitrogen and oxygen atoms in total. The number of halogens is 1. The second-order valence-electron chi connectivity index (χ2n) is 0.794. The second-order valence-corrected chi connectivity index (χ2v) is 1.69. The van der Waals surface area contributed by atoms with Gasteiger partial charge in [-0.2, -0.15) is 8.42 Å². The molecule has 0 bridgehead atoms. The quantitative estimate of drug-likeness (QED) is 0.219. The molecule has 13 heavy (non-hydrogen) atoms. The van der Waals surface area contributed by atoms with E-state index in [1.807, 2.05) is 0 Å². The molecule has 0 aromatic carbocycles. The van der Waals surface area contributed by atoms with Crippen molar-refractivity contribution in [2.75, 3.05) is 0 Å². The Morgan fingerprint density at radius 3 is 1.00 bits per heavy atom. The van der Waals surface area contributed by atoms with E-state index in [-0.39, 0.29) is 85.2 Å².